The Balaban J connectivity index is 1.46. The summed E-state index contributed by atoms with van der Waals surface area (Å²) in [7, 11) is 1.63. The highest BCUT2D eigenvalue weighted by molar-refractivity contribution is 5.82. The number of methoxy groups -OCH3 is 1. The summed E-state index contributed by atoms with van der Waals surface area (Å²) in [5, 5.41) is 3.14. The number of anilines is 2. The van der Waals surface area contributed by atoms with E-state index in [9.17, 15) is 13.2 Å². The number of piperidine rings is 1. The Bertz CT molecular complexity index is 948. The van der Waals surface area contributed by atoms with Crippen LogP contribution >= 0.6 is 0 Å². The number of hydrogen-bond donors (Lipinski definition) is 2. The van der Waals surface area contributed by atoms with Crippen LogP contribution in [0.4, 0.5) is 24.7 Å². The zero-order valence-corrected chi connectivity index (χ0v) is 15.1. The van der Waals surface area contributed by atoms with Crippen molar-refractivity contribution in [1.29, 1.82) is 0 Å². The summed E-state index contributed by atoms with van der Waals surface area (Å²) >= 11 is 0. The van der Waals surface area contributed by atoms with Gasteiger partial charge < -0.3 is 19.9 Å². The fraction of sp³-hybridized carbons (Fsp3) is 0.389. The van der Waals surface area contributed by atoms with Crippen molar-refractivity contribution in [3.8, 4) is 5.75 Å². The molecule has 2 aromatic heterocycles. The fourth-order valence-corrected chi connectivity index (χ4v) is 3.33. The Morgan fingerprint density at radius 3 is 2.50 bits per heavy atom. The summed E-state index contributed by atoms with van der Waals surface area (Å²) in [6.07, 6.45) is -1.77. The number of aromatic nitrogens is 4. The minimum Gasteiger partial charge on any atom is -0.497 e. The lowest BCUT2D eigenvalue weighted by Crippen LogP contribution is -2.39. The number of imidazole rings is 1. The molecule has 0 unspecified atom stereocenters. The lowest BCUT2D eigenvalue weighted by Gasteiger charge is -2.34. The summed E-state index contributed by atoms with van der Waals surface area (Å²) in [4.78, 5) is 16.1. The number of fused-ring (bicyclic) bond motifs is 1. The van der Waals surface area contributed by atoms with E-state index in [-0.39, 0.29) is 17.5 Å². The number of benzene rings is 1. The molecule has 2 N–H and O–H groups in total. The largest absolute Gasteiger partial charge is 0.497 e. The van der Waals surface area contributed by atoms with Gasteiger partial charge in [-0.2, -0.15) is 13.2 Å². The van der Waals surface area contributed by atoms with E-state index in [0.717, 1.165) is 37.4 Å². The molecule has 4 rings (SSSR count). The van der Waals surface area contributed by atoms with E-state index >= 15 is 0 Å². The predicted octanol–water partition coefficient (Wildman–Crippen LogP) is 3.46. The van der Waals surface area contributed by atoms with Crippen LogP contribution in [-0.2, 0) is 6.18 Å². The third-order valence-corrected chi connectivity index (χ3v) is 4.81. The maximum Gasteiger partial charge on any atom is 0.451 e. The van der Waals surface area contributed by atoms with E-state index in [1.807, 2.05) is 24.3 Å². The van der Waals surface area contributed by atoms with E-state index in [1.165, 1.54) is 6.33 Å². The molecule has 3 aromatic rings. The molecule has 1 fully saturated rings. The fourth-order valence-electron chi connectivity index (χ4n) is 3.33. The van der Waals surface area contributed by atoms with Crippen molar-refractivity contribution in [1.82, 2.24) is 19.9 Å². The van der Waals surface area contributed by atoms with Gasteiger partial charge in [0.15, 0.2) is 11.5 Å². The summed E-state index contributed by atoms with van der Waals surface area (Å²) in [6.45, 7) is 1.57. The van der Waals surface area contributed by atoms with Crippen LogP contribution in [0.25, 0.3) is 11.2 Å². The number of nitrogens with one attached hydrogen (secondary N) is 2. The van der Waals surface area contributed by atoms with Gasteiger partial charge in [-0.25, -0.2) is 15.0 Å². The summed E-state index contributed by atoms with van der Waals surface area (Å²) in [6, 6.07) is 7.83. The molecule has 0 amide bonds. The maximum atomic E-state index is 13.1. The van der Waals surface area contributed by atoms with Gasteiger partial charge in [0.1, 0.15) is 11.3 Å². The first-order chi connectivity index (χ1) is 13.4. The number of aromatic amines is 1. The highest BCUT2D eigenvalue weighted by atomic mass is 19.4. The summed E-state index contributed by atoms with van der Waals surface area (Å²) in [5.74, 6) is -0.254. The smallest absolute Gasteiger partial charge is 0.451 e. The molecule has 1 aliphatic heterocycles. The van der Waals surface area contributed by atoms with Crippen LogP contribution in [0.1, 0.15) is 18.7 Å². The molecule has 0 atom stereocenters. The van der Waals surface area contributed by atoms with Crippen LogP contribution in [0.3, 0.4) is 0 Å². The van der Waals surface area contributed by atoms with Crippen molar-refractivity contribution >= 4 is 22.7 Å². The molecule has 10 heteroatoms. The number of ether oxygens (including phenoxy) is 1. The number of hydrogen-bond acceptors (Lipinski definition) is 6. The summed E-state index contributed by atoms with van der Waals surface area (Å²) in [5.41, 5.74) is 1.47. The molecule has 1 aromatic carbocycles. The zero-order valence-electron chi connectivity index (χ0n) is 15.1. The van der Waals surface area contributed by atoms with Gasteiger partial charge in [0.05, 0.1) is 13.4 Å². The lowest BCUT2D eigenvalue weighted by atomic mass is 10.0. The molecule has 0 saturated carbocycles. The minimum atomic E-state index is -4.62. The Morgan fingerprint density at radius 1 is 1.14 bits per heavy atom. The number of nitrogens with zero attached hydrogens (tertiary/aromatic N) is 4. The van der Waals surface area contributed by atoms with Crippen molar-refractivity contribution in [3.63, 3.8) is 0 Å². The van der Waals surface area contributed by atoms with Crippen LogP contribution in [0.15, 0.2) is 30.6 Å². The normalized spacial score (nSPS) is 15.8. The number of H-pyrrole nitrogens is 1. The molecular weight excluding hydrogens is 373 g/mol. The highest BCUT2D eigenvalue weighted by Crippen LogP contribution is 2.30. The van der Waals surface area contributed by atoms with Crippen molar-refractivity contribution in [2.75, 3.05) is 30.4 Å². The Morgan fingerprint density at radius 2 is 1.86 bits per heavy atom. The van der Waals surface area contributed by atoms with E-state index in [0.29, 0.717) is 5.52 Å². The average molecular weight is 392 g/mol. The Kier molecular flexibility index (Phi) is 4.70. The molecule has 1 saturated heterocycles. The SMILES string of the molecule is COc1ccc(N2CCC(Nc3nc(C(F)(F)F)nc4nc[nH]c34)CC2)cc1. The van der Waals surface area contributed by atoms with Gasteiger partial charge in [0.25, 0.3) is 0 Å². The highest BCUT2D eigenvalue weighted by Gasteiger charge is 2.36. The van der Waals surface area contributed by atoms with Crippen LogP contribution < -0.4 is 15.0 Å². The van der Waals surface area contributed by atoms with Crippen LogP contribution in [-0.4, -0.2) is 46.2 Å². The quantitative estimate of drug-likeness (QED) is 0.708. The Labute approximate surface area is 159 Å². The standard InChI is InChI=1S/C18H19F3N6O/c1-28-13-4-2-12(3-5-13)27-8-6-11(7-9-27)24-16-14-15(23-10-22-14)25-17(26-16)18(19,20)21/h2-5,10-11H,6-9H2,1H3,(H2,22,23,24,25,26). The summed E-state index contributed by atoms with van der Waals surface area (Å²) < 4.78 is 44.4. The van der Waals surface area contributed by atoms with Crippen molar-refractivity contribution in [2.45, 2.75) is 25.1 Å². The molecule has 0 aliphatic carbocycles. The van der Waals surface area contributed by atoms with E-state index in [1.54, 1.807) is 7.11 Å². The van der Waals surface area contributed by atoms with Gasteiger partial charge in [-0.15, -0.1) is 0 Å². The molecule has 0 radical (unpaired) electrons. The number of halogens is 3. The first-order valence-corrected chi connectivity index (χ1v) is 8.88. The van der Waals surface area contributed by atoms with Crippen LogP contribution in [0.5, 0.6) is 5.75 Å². The van der Waals surface area contributed by atoms with Crippen LogP contribution in [0.2, 0.25) is 0 Å². The Hall–Kier alpha value is -3.04. The van der Waals surface area contributed by atoms with Crippen molar-refractivity contribution < 1.29 is 17.9 Å². The second-order valence-electron chi connectivity index (χ2n) is 6.60. The van der Waals surface area contributed by atoms with Gasteiger partial charge in [0, 0.05) is 24.8 Å². The van der Waals surface area contributed by atoms with Gasteiger partial charge >= 0.3 is 6.18 Å². The molecule has 1 aliphatic rings. The average Bonchev–Trinajstić information content (AvgIpc) is 3.17. The maximum absolute atomic E-state index is 13.1. The third kappa shape index (κ3) is 3.67. The molecule has 0 bridgehead atoms. The molecule has 0 spiro atoms. The second kappa shape index (κ2) is 7.17. The van der Waals surface area contributed by atoms with Gasteiger partial charge in [-0.05, 0) is 37.1 Å². The van der Waals surface area contributed by atoms with Gasteiger partial charge in [-0.3, -0.25) is 0 Å². The molecule has 28 heavy (non-hydrogen) atoms. The molecular formula is C18H19F3N6O. The van der Waals surface area contributed by atoms with Gasteiger partial charge in [0.2, 0.25) is 5.82 Å². The first kappa shape index (κ1) is 18.3. The topological polar surface area (TPSA) is 79.0 Å². The third-order valence-electron chi connectivity index (χ3n) is 4.81. The lowest BCUT2D eigenvalue weighted by molar-refractivity contribution is -0.144. The van der Waals surface area contributed by atoms with Gasteiger partial charge in [-0.1, -0.05) is 0 Å². The second-order valence-corrected chi connectivity index (χ2v) is 6.60. The van der Waals surface area contributed by atoms with E-state index < -0.39 is 12.0 Å². The van der Waals surface area contributed by atoms with Crippen molar-refractivity contribution in [3.05, 3.63) is 36.4 Å². The van der Waals surface area contributed by atoms with E-state index in [2.05, 4.69) is 30.2 Å². The zero-order chi connectivity index (χ0) is 19.7. The monoisotopic (exact) mass is 392 g/mol. The predicted molar refractivity (Wildman–Crippen MR) is 98.5 cm³/mol. The van der Waals surface area contributed by atoms with Crippen LogP contribution in [0, 0.1) is 0 Å². The molecule has 7 nitrogen and oxygen atoms in total. The molecule has 3 heterocycles. The number of alkyl halides is 3. The first-order valence-electron chi connectivity index (χ1n) is 8.88. The minimum absolute atomic E-state index is 0.000457. The number of rotatable bonds is 4. The molecule has 148 valence electrons. The van der Waals surface area contributed by atoms with Crippen molar-refractivity contribution in [2.24, 2.45) is 0 Å². The van der Waals surface area contributed by atoms with E-state index in [4.69, 9.17) is 4.74 Å².